The van der Waals surface area contributed by atoms with Gasteiger partial charge in [-0.15, -0.1) is 10.2 Å². The van der Waals surface area contributed by atoms with E-state index < -0.39 is 0 Å². The normalized spacial score (nSPS) is 20.4. The Morgan fingerprint density at radius 1 is 1.08 bits per heavy atom. The van der Waals surface area contributed by atoms with Crippen molar-refractivity contribution in [3.63, 3.8) is 0 Å². The first-order valence-corrected chi connectivity index (χ1v) is 10.3. The van der Waals surface area contributed by atoms with Crippen molar-refractivity contribution < 1.29 is 0 Å². The lowest BCUT2D eigenvalue weighted by Gasteiger charge is -2.27. The standard InChI is InChI=1S/C21H33N5/c1-4-6-7-8-9-14-26-16-19(15-22-26)17-10-12-18(13-11-17)21-24-23-20(5-2)25(21)3/h5,15-18H,2,4,6-14H2,1,3H3. The Balaban J connectivity index is 1.49. The van der Waals surface area contributed by atoms with Crippen molar-refractivity contribution in [2.45, 2.75) is 83.1 Å². The van der Waals surface area contributed by atoms with E-state index in [1.165, 1.54) is 63.4 Å². The molecule has 1 aliphatic rings. The first kappa shape index (κ1) is 18.9. The topological polar surface area (TPSA) is 48.5 Å². The Labute approximate surface area is 157 Å². The van der Waals surface area contributed by atoms with Gasteiger partial charge in [-0.2, -0.15) is 5.10 Å². The predicted octanol–water partition coefficient (Wildman–Crippen LogP) is 5.07. The van der Waals surface area contributed by atoms with E-state index in [1.807, 2.05) is 7.05 Å². The molecule has 1 fully saturated rings. The van der Waals surface area contributed by atoms with Crippen molar-refractivity contribution in [3.8, 4) is 0 Å². The molecular weight excluding hydrogens is 322 g/mol. The average molecular weight is 356 g/mol. The summed E-state index contributed by atoms with van der Waals surface area (Å²) in [7, 11) is 2.04. The van der Waals surface area contributed by atoms with Gasteiger partial charge >= 0.3 is 0 Å². The third-order valence-electron chi connectivity index (χ3n) is 5.83. The van der Waals surface area contributed by atoms with Crippen LogP contribution in [0.15, 0.2) is 19.0 Å². The monoisotopic (exact) mass is 355 g/mol. The van der Waals surface area contributed by atoms with Crippen LogP contribution in [0.4, 0.5) is 0 Å². The fourth-order valence-electron chi connectivity index (χ4n) is 4.16. The lowest BCUT2D eigenvalue weighted by molar-refractivity contribution is 0.379. The third kappa shape index (κ3) is 4.43. The summed E-state index contributed by atoms with van der Waals surface area (Å²) in [6, 6.07) is 0. The van der Waals surface area contributed by atoms with Gasteiger partial charge in [-0.05, 0) is 49.7 Å². The number of aromatic nitrogens is 5. The van der Waals surface area contributed by atoms with E-state index in [9.17, 15) is 0 Å². The molecule has 1 aliphatic carbocycles. The molecule has 1 saturated carbocycles. The molecular formula is C21H33N5. The number of hydrogen-bond acceptors (Lipinski definition) is 3. The Morgan fingerprint density at radius 2 is 1.81 bits per heavy atom. The summed E-state index contributed by atoms with van der Waals surface area (Å²) in [5.41, 5.74) is 1.42. The second-order valence-corrected chi connectivity index (χ2v) is 7.68. The summed E-state index contributed by atoms with van der Waals surface area (Å²) in [5, 5.41) is 13.2. The lowest BCUT2D eigenvalue weighted by atomic mass is 9.79. The maximum Gasteiger partial charge on any atom is 0.155 e. The zero-order chi connectivity index (χ0) is 18.4. The summed E-state index contributed by atoms with van der Waals surface area (Å²) in [6.45, 7) is 7.13. The van der Waals surface area contributed by atoms with Crippen LogP contribution in [0.1, 0.15) is 93.8 Å². The minimum atomic E-state index is 0.520. The van der Waals surface area contributed by atoms with Crippen molar-refractivity contribution in [1.29, 1.82) is 0 Å². The van der Waals surface area contributed by atoms with Crippen LogP contribution >= 0.6 is 0 Å². The smallest absolute Gasteiger partial charge is 0.155 e. The van der Waals surface area contributed by atoms with E-state index in [0.717, 1.165) is 18.2 Å². The van der Waals surface area contributed by atoms with Gasteiger partial charge in [-0.3, -0.25) is 4.68 Å². The maximum absolute atomic E-state index is 4.59. The Hall–Kier alpha value is -1.91. The molecule has 0 saturated heterocycles. The molecule has 0 radical (unpaired) electrons. The maximum atomic E-state index is 4.59. The quantitative estimate of drug-likeness (QED) is 0.590. The van der Waals surface area contributed by atoms with Gasteiger partial charge in [0.05, 0.1) is 6.20 Å². The van der Waals surface area contributed by atoms with Crippen LogP contribution in [-0.4, -0.2) is 24.5 Å². The summed E-state index contributed by atoms with van der Waals surface area (Å²) in [5.74, 6) is 3.14. The van der Waals surface area contributed by atoms with Gasteiger partial charge in [0.2, 0.25) is 0 Å². The fraction of sp³-hybridized carbons (Fsp3) is 0.667. The molecule has 2 aromatic heterocycles. The van der Waals surface area contributed by atoms with Gasteiger partial charge in [0.1, 0.15) is 5.82 Å². The van der Waals surface area contributed by atoms with Crippen molar-refractivity contribution in [2.24, 2.45) is 7.05 Å². The molecule has 0 amide bonds. The van der Waals surface area contributed by atoms with Gasteiger partial charge in [0.25, 0.3) is 0 Å². The van der Waals surface area contributed by atoms with Crippen LogP contribution in [-0.2, 0) is 13.6 Å². The molecule has 2 heterocycles. The van der Waals surface area contributed by atoms with Crippen LogP contribution in [0.5, 0.6) is 0 Å². The summed E-state index contributed by atoms with van der Waals surface area (Å²) >= 11 is 0. The lowest BCUT2D eigenvalue weighted by Crippen LogP contribution is -2.15. The highest BCUT2D eigenvalue weighted by Gasteiger charge is 2.27. The second-order valence-electron chi connectivity index (χ2n) is 7.68. The summed E-state index contributed by atoms with van der Waals surface area (Å²) < 4.78 is 4.24. The van der Waals surface area contributed by atoms with E-state index >= 15 is 0 Å². The number of hydrogen-bond donors (Lipinski definition) is 0. The van der Waals surface area contributed by atoms with Crippen LogP contribution in [0, 0.1) is 0 Å². The van der Waals surface area contributed by atoms with Crippen LogP contribution < -0.4 is 0 Å². The molecule has 5 heteroatoms. The summed E-state index contributed by atoms with van der Waals surface area (Å²) in [4.78, 5) is 0. The molecule has 5 nitrogen and oxygen atoms in total. The van der Waals surface area contributed by atoms with Crippen molar-refractivity contribution in [2.75, 3.05) is 0 Å². The largest absolute Gasteiger partial charge is 0.314 e. The number of aryl methyl sites for hydroxylation is 1. The zero-order valence-corrected chi connectivity index (χ0v) is 16.4. The molecule has 26 heavy (non-hydrogen) atoms. The highest BCUT2D eigenvalue weighted by atomic mass is 15.3. The highest BCUT2D eigenvalue weighted by Crippen LogP contribution is 2.39. The molecule has 142 valence electrons. The predicted molar refractivity (Wildman–Crippen MR) is 106 cm³/mol. The van der Waals surface area contributed by atoms with E-state index in [4.69, 9.17) is 0 Å². The van der Waals surface area contributed by atoms with Crippen molar-refractivity contribution >= 4 is 6.08 Å². The van der Waals surface area contributed by atoms with E-state index in [0.29, 0.717) is 11.8 Å². The van der Waals surface area contributed by atoms with Crippen LogP contribution in [0.25, 0.3) is 6.08 Å². The molecule has 0 aliphatic heterocycles. The molecule has 0 atom stereocenters. The first-order chi connectivity index (χ1) is 12.7. The van der Waals surface area contributed by atoms with E-state index in [-0.39, 0.29) is 0 Å². The third-order valence-corrected chi connectivity index (χ3v) is 5.83. The van der Waals surface area contributed by atoms with Crippen LogP contribution in [0.3, 0.4) is 0 Å². The SMILES string of the molecule is C=Cc1nnc(C2CCC(c3cnn(CCCCCCC)c3)CC2)n1C. The van der Waals surface area contributed by atoms with Crippen molar-refractivity contribution in [3.05, 3.63) is 36.2 Å². The molecule has 0 bridgehead atoms. The highest BCUT2D eigenvalue weighted by molar-refractivity contribution is 5.36. The van der Waals surface area contributed by atoms with Gasteiger partial charge in [0.15, 0.2) is 5.82 Å². The molecule has 0 N–H and O–H groups in total. The summed E-state index contributed by atoms with van der Waals surface area (Å²) in [6.07, 6.45) is 17.5. The molecule has 0 aromatic carbocycles. The number of nitrogens with zero attached hydrogens (tertiary/aromatic N) is 5. The van der Waals surface area contributed by atoms with E-state index in [1.54, 1.807) is 6.08 Å². The number of unbranched alkanes of at least 4 members (excludes halogenated alkanes) is 4. The second kappa shape index (κ2) is 9.15. The number of rotatable bonds is 9. The van der Waals surface area contributed by atoms with Gasteiger partial charge in [0, 0.05) is 25.7 Å². The van der Waals surface area contributed by atoms with Gasteiger partial charge < -0.3 is 4.57 Å². The Kier molecular flexibility index (Phi) is 6.64. The van der Waals surface area contributed by atoms with E-state index in [2.05, 4.69) is 50.4 Å². The van der Waals surface area contributed by atoms with Gasteiger partial charge in [-0.25, -0.2) is 0 Å². The molecule has 3 rings (SSSR count). The fourth-order valence-corrected chi connectivity index (χ4v) is 4.16. The minimum absolute atomic E-state index is 0.520. The molecule has 0 spiro atoms. The molecule has 0 unspecified atom stereocenters. The van der Waals surface area contributed by atoms with Crippen molar-refractivity contribution in [1.82, 2.24) is 24.5 Å². The Bertz CT molecular complexity index is 691. The van der Waals surface area contributed by atoms with Gasteiger partial charge in [-0.1, -0.05) is 39.2 Å². The average Bonchev–Trinajstić information content (AvgIpc) is 3.28. The van der Waals surface area contributed by atoms with Crippen LogP contribution in [0.2, 0.25) is 0 Å². The molecule has 2 aromatic rings. The Morgan fingerprint density at radius 3 is 2.50 bits per heavy atom. The zero-order valence-electron chi connectivity index (χ0n) is 16.4. The minimum Gasteiger partial charge on any atom is -0.314 e. The first-order valence-electron chi connectivity index (χ1n) is 10.3.